The van der Waals surface area contributed by atoms with Crippen molar-refractivity contribution in [3.8, 4) is 0 Å². The van der Waals surface area contributed by atoms with Crippen LogP contribution in [0.4, 0.5) is 10.8 Å². The zero-order valence-electron chi connectivity index (χ0n) is 13.9. The predicted octanol–water partition coefficient (Wildman–Crippen LogP) is 4.29. The molecule has 0 radical (unpaired) electrons. The Bertz CT molecular complexity index is 890. The van der Waals surface area contributed by atoms with Crippen molar-refractivity contribution in [2.24, 2.45) is 5.73 Å². The quantitative estimate of drug-likeness (QED) is 0.633. The summed E-state index contributed by atoms with van der Waals surface area (Å²) in [5.74, 6) is 0.350. The highest BCUT2D eigenvalue weighted by Crippen LogP contribution is 2.30. The van der Waals surface area contributed by atoms with E-state index in [-0.39, 0.29) is 0 Å². The third-order valence-corrected chi connectivity index (χ3v) is 5.81. The third-order valence-electron chi connectivity index (χ3n) is 3.77. The number of primary amides is 1. The minimum Gasteiger partial charge on any atom is -0.366 e. The van der Waals surface area contributed by atoms with Gasteiger partial charge in [-0.25, -0.2) is 0 Å². The molecule has 0 bridgehead atoms. The van der Waals surface area contributed by atoms with Crippen molar-refractivity contribution in [2.45, 2.75) is 23.9 Å². The van der Waals surface area contributed by atoms with Gasteiger partial charge in [-0.2, -0.15) is 0 Å². The van der Waals surface area contributed by atoms with Crippen molar-refractivity contribution >= 4 is 39.8 Å². The second-order valence-corrected chi connectivity index (χ2v) is 7.85. The van der Waals surface area contributed by atoms with Gasteiger partial charge in [0.05, 0.1) is 0 Å². The highest BCUT2D eigenvalue weighted by atomic mass is 32.2. The van der Waals surface area contributed by atoms with E-state index in [1.165, 1.54) is 22.5 Å². The van der Waals surface area contributed by atoms with Crippen molar-refractivity contribution in [3.63, 3.8) is 0 Å². The molecule has 0 saturated heterocycles. The maximum absolute atomic E-state index is 11.1. The normalized spacial score (nSPS) is 10.6. The monoisotopic (exact) mass is 370 g/mol. The summed E-state index contributed by atoms with van der Waals surface area (Å²) in [6, 6.07) is 13.5. The zero-order valence-corrected chi connectivity index (χ0v) is 15.6. The molecule has 0 aliphatic rings. The zero-order chi connectivity index (χ0) is 17.8. The van der Waals surface area contributed by atoms with Crippen LogP contribution in [0.25, 0.3) is 0 Å². The average Bonchev–Trinajstić information content (AvgIpc) is 3.04. The molecule has 128 valence electrons. The number of hydrogen-bond acceptors (Lipinski definition) is 6. The number of hydrogen-bond donors (Lipinski definition) is 2. The van der Waals surface area contributed by atoms with Crippen molar-refractivity contribution < 1.29 is 4.79 Å². The molecular weight excluding hydrogens is 352 g/mol. The van der Waals surface area contributed by atoms with Gasteiger partial charge in [-0.3, -0.25) is 4.79 Å². The SMILES string of the molecule is Cc1ccc(Nc2nnc(SCc3ccc(C(N)=O)cc3)s2)cc1C. The van der Waals surface area contributed by atoms with Crippen molar-refractivity contribution in [1.82, 2.24) is 10.2 Å². The lowest BCUT2D eigenvalue weighted by atomic mass is 10.1. The molecule has 3 rings (SSSR count). The molecule has 2 aromatic carbocycles. The number of benzene rings is 2. The Kier molecular flexibility index (Phi) is 5.35. The fourth-order valence-corrected chi connectivity index (χ4v) is 3.90. The van der Waals surface area contributed by atoms with Crippen LogP contribution in [-0.4, -0.2) is 16.1 Å². The number of aromatic nitrogens is 2. The molecular formula is C18H18N4OS2. The van der Waals surface area contributed by atoms with Gasteiger partial charge in [0.25, 0.3) is 0 Å². The molecule has 0 spiro atoms. The molecule has 0 aliphatic carbocycles. The number of amides is 1. The number of rotatable bonds is 6. The van der Waals surface area contributed by atoms with E-state index in [1.54, 1.807) is 23.9 Å². The number of aryl methyl sites for hydroxylation is 2. The molecule has 1 amide bonds. The first kappa shape index (κ1) is 17.4. The summed E-state index contributed by atoms with van der Waals surface area (Å²) >= 11 is 3.13. The van der Waals surface area contributed by atoms with Gasteiger partial charge in [0.1, 0.15) is 0 Å². The standard InChI is InChI=1S/C18H18N4OS2/c1-11-3-8-15(9-12(11)2)20-17-21-22-18(25-17)24-10-13-4-6-14(7-5-13)16(19)23/h3-9H,10H2,1-2H3,(H2,19,23)(H,20,21). The molecule has 0 saturated carbocycles. The summed E-state index contributed by atoms with van der Waals surface area (Å²) in [7, 11) is 0. The molecule has 1 heterocycles. The lowest BCUT2D eigenvalue weighted by molar-refractivity contribution is 0.100. The summed E-state index contributed by atoms with van der Waals surface area (Å²) in [6.07, 6.45) is 0. The highest BCUT2D eigenvalue weighted by Gasteiger charge is 2.07. The maximum atomic E-state index is 11.1. The average molecular weight is 371 g/mol. The van der Waals surface area contributed by atoms with E-state index >= 15 is 0 Å². The van der Waals surface area contributed by atoms with E-state index in [2.05, 4.69) is 41.5 Å². The van der Waals surface area contributed by atoms with E-state index < -0.39 is 5.91 Å². The first-order valence-electron chi connectivity index (χ1n) is 7.70. The third kappa shape index (κ3) is 4.58. The van der Waals surface area contributed by atoms with E-state index in [0.29, 0.717) is 5.56 Å². The van der Waals surface area contributed by atoms with Crippen LogP contribution < -0.4 is 11.1 Å². The summed E-state index contributed by atoms with van der Waals surface area (Å²) in [6.45, 7) is 4.18. The summed E-state index contributed by atoms with van der Waals surface area (Å²) in [5.41, 5.74) is 10.4. The van der Waals surface area contributed by atoms with Gasteiger partial charge < -0.3 is 11.1 Å². The molecule has 0 unspecified atom stereocenters. The first-order valence-corrected chi connectivity index (χ1v) is 9.51. The van der Waals surface area contributed by atoms with E-state index in [0.717, 1.165) is 26.5 Å². The van der Waals surface area contributed by atoms with Crippen LogP contribution in [0, 0.1) is 13.8 Å². The molecule has 0 atom stereocenters. The molecule has 5 nitrogen and oxygen atoms in total. The number of nitrogens with one attached hydrogen (secondary N) is 1. The van der Waals surface area contributed by atoms with E-state index in [1.807, 2.05) is 18.2 Å². The highest BCUT2D eigenvalue weighted by molar-refractivity contribution is 8.00. The van der Waals surface area contributed by atoms with Crippen molar-refractivity contribution in [3.05, 3.63) is 64.7 Å². The van der Waals surface area contributed by atoms with E-state index in [9.17, 15) is 4.79 Å². The van der Waals surface area contributed by atoms with Gasteiger partial charge in [0, 0.05) is 17.0 Å². The van der Waals surface area contributed by atoms with E-state index in [4.69, 9.17) is 5.73 Å². The fraction of sp³-hybridized carbons (Fsp3) is 0.167. The maximum Gasteiger partial charge on any atom is 0.248 e. The lowest BCUT2D eigenvalue weighted by Gasteiger charge is -2.05. The van der Waals surface area contributed by atoms with Crippen molar-refractivity contribution in [1.29, 1.82) is 0 Å². The van der Waals surface area contributed by atoms with Gasteiger partial charge in [0.2, 0.25) is 11.0 Å². The number of nitrogens with zero attached hydrogens (tertiary/aromatic N) is 2. The van der Waals surface area contributed by atoms with Crippen LogP contribution in [0.2, 0.25) is 0 Å². The van der Waals surface area contributed by atoms with Gasteiger partial charge >= 0.3 is 0 Å². The Labute approximate surface area is 154 Å². The number of carbonyl (C=O) groups is 1. The molecule has 1 aromatic heterocycles. The van der Waals surface area contributed by atoms with Crippen LogP contribution >= 0.6 is 23.1 Å². The van der Waals surface area contributed by atoms with Gasteiger partial charge in [0.15, 0.2) is 4.34 Å². The molecule has 3 N–H and O–H groups in total. The van der Waals surface area contributed by atoms with Crippen LogP contribution in [0.3, 0.4) is 0 Å². The Hall–Kier alpha value is -2.38. The minimum atomic E-state index is -0.412. The Morgan fingerprint density at radius 1 is 1.12 bits per heavy atom. The Balaban J connectivity index is 1.59. The fourth-order valence-electron chi connectivity index (χ4n) is 2.17. The smallest absolute Gasteiger partial charge is 0.248 e. The van der Waals surface area contributed by atoms with Crippen LogP contribution in [0.1, 0.15) is 27.0 Å². The topological polar surface area (TPSA) is 80.9 Å². The summed E-state index contributed by atoms with van der Waals surface area (Å²) in [5, 5.41) is 12.5. The second kappa shape index (κ2) is 7.67. The molecule has 3 aromatic rings. The Morgan fingerprint density at radius 3 is 2.56 bits per heavy atom. The van der Waals surface area contributed by atoms with Crippen LogP contribution in [-0.2, 0) is 5.75 Å². The molecule has 25 heavy (non-hydrogen) atoms. The number of carbonyl (C=O) groups excluding carboxylic acids is 1. The number of thioether (sulfide) groups is 1. The van der Waals surface area contributed by atoms with Crippen molar-refractivity contribution in [2.75, 3.05) is 5.32 Å². The molecule has 0 fully saturated rings. The summed E-state index contributed by atoms with van der Waals surface area (Å²) in [4.78, 5) is 11.1. The van der Waals surface area contributed by atoms with Gasteiger partial charge in [-0.05, 0) is 54.8 Å². The second-order valence-electron chi connectivity index (χ2n) is 5.65. The predicted molar refractivity (Wildman–Crippen MR) is 104 cm³/mol. The molecule has 0 aliphatic heterocycles. The first-order chi connectivity index (χ1) is 12.0. The number of nitrogens with two attached hydrogens (primary N) is 1. The lowest BCUT2D eigenvalue weighted by Crippen LogP contribution is -2.10. The van der Waals surface area contributed by atoms with Gasteiger partial charge in [-0.1, -0.05) is 41.3 Å². The summed E-state index contributed by atoms with van der Waals surface area (Å²) < 4.78 is 0.894. The minimum absolute atomic E-state index is 0.412. The van der Waals surface area contributed by atoms with Crippen LogP contribution in [0.15, 0.2) is 46.8 Å². The van der Waals surface area contributed by atoms with Crippen LogP contribution in [0.5, 0.6) is 0 Å². The Morgan fingerprint density at radius 2 is 1.88 bits per heavy atom. The van der Waals surface area contributed by atoms with Gasteiger partial charge in [-0.15, -0.1) is 10.2 Å². The molecule has 7 heteroatoms. The largest absolute Gasteiger partial charge is 0.366 e. The number of anilines is 2.